The highest BCUT2D eigenvalue weighted by Crippen LogP contribution is 2.35. The Bertz CT molecular complexity index is 1500. The smallest absolute Gasteiger partial charge is 0.257 e. The fraction of sp³-hybridized carbons (Fsp3) is 0.167. The number of nitrogens with zero attached hydrogens (tertiary/aromatic N) is 7. The Kier molecular flexibility index (Phi) is 5.77. The van der Waals surface area contributed by atoms with Crippen molar-refractivity contribution in [3.05, 3.63) is 71.5 Å². The maximum Gasteiger partial charge on any atom is 0.257 e. The van der Waals surface area contributed by atoms with Gasteiger partial charge in [-0.25, -0.2) is 19.9 Å². The highest BCUT2D eigenvalue weighted by atomic mass is 35.5. The summed E-state index contributed by atoms with van der Waals surface area (Å²) in [6.07, 6.45) is 5.85. The number of aryl methyl sites for hydroxylation is 2. The van der Waals surface area contributed by atoms with Crippen molar-refractivity contribution in [2.24, 2.45) is 7.05 Å². The van der Waals surface area contributed by atoms with Crippen LogP contribution in [-0.2, 0) is 13.5 Å². The van der Waals surface area contributed by atoms with Gasteiger partial charge in [-0.05, 0) is 37.3 Å². The van der Waals surface area contributed by atoms with Crippen molar-refractivity contribution in [2.45, 2.75) is 13.3 Å². The first kappa shape index (κ1) is 21.7. The van der Waals surface area contributed by atoms with E-state index in [4.69, 9.17) is 27.1 Å². The number of halogens is 1. The lowest BCUT2D eigenvalue weighted by Crippen LogP contribution is -2.09. The molecule has 0 saturated carbocycles. The Labute approximate surface area is 200 Å². The molecule has 0 amide bonds. The van der Waals surface area contributed by atoms with Crippen molar-refractivity contribution in [3.8, 4) is 28.5 Å². The molecule has 0 saturated heterocycles. The molecule has 0 atom stereocenters. The van der Waals surface area contributed by atoms with Crippen LogP contribution in [0.1, 0.15) is 11.5 Å². The molecule has 0 unspecified atom stereocenters. The molecule has 4 heterocycles. The molecule has 0 aliphatic carbocycles. The summed E-state index contributed by atoms with van der Waals surface area (Å²) in [6, 6.07) is 11.3. The molecule has 0 aliphatic rings. The molecule has 0 radical (unpaired) electrons. The molecule has 0 bridgehead atoms. The monoisotopic (exact) mass is 472 g/mol. The summed E-state index contributed by atoms with van der Waals surface area (Å²) in [5.41, 5.74) is 10.3. The van der Waals surface area contributed by atoms with E-state index in [0.717, 1.165) is 16.6 Å². The molecule has 5 aromatic rings. The van der Waals surface area contributed by atoms with E-state index < -0.39 is 0 Å². The highest BCUT2D eigenvalue weighted by molar-refractivity contribution is 6.35. The molecule has 0 spiro atoms. The van der Waals surface area contributed by atoms with E-state index in [1.807, 2.05) is 56.6 Å². The molecule has 34 heavy (non-hydrogen) atoms. The predicted octanol–water partition coefficient (Wildman–Crippen LogP) is 4.05. The highest BCUT2D eigenvalue weighted by Gasteiger charge is 2.19. The summed E-state index contributed by atoms with van der Waals surface area (Å²) in [4.78, 5) is 22.2. The summed E-state index contributed by atoms with van der Waals surface area (Å²) in [6.45, 7) is 2.18. The van der Waals surface area contributed by atoms with Gasteiger partial charge < -0.3 is 10.5 Å². The largest absolute Gasteiger partial charge is 0.475 e. The van der Waals surface area contributed by atoms with Gasteiger partial charge in [-0.15, -0.1) is 0 Å². The van der Waals surface area contributed by atoms with Crippen LogP contribution in [0.15, 0.2) is 55.0 Å². The average molecular weight is 473 g/mol. The van der Waals surface area contributed by atoms with Gasteiger partial charge in [0.2, 0.25) is 0 Å². The van der Waals surface area contributed by atoms with Gasteiger partial charge in [-0.2, -0.15) is 5.10 Å². The van der Waals surface area contributed by atoms with Crippen molar-refractivity contribution >= 4 is 28.3 Å². The number of benzene rings is 1. The van der Waals surface area contributed by atoms with E-state index >= 15 is 0 Å². The maximum atomic E-state index is 6.55. The number of fused-ring (bicyclic) bond motifs is 1. The standard InChI is InChI=1S/C24H21ClN8O/c1-14-27-9-5-17(29-14)7-11-34-24-23(26)30-22(19-6-10-33(2)32-19)21(31-24)16-12-15-4-3-8-28-20(15)18(25)13-16/h3-6,8-10,12-13H,7,11H2,1-2H3,(H2,26,30). The Morgan fingerprint density at radius 2 is 1.91 bits per heavy atom. The maximum absolute atomic E-state index is 6.55. The van der Waals surface area contributed by atoms with Gasteiger partial charge in [0.25, 0.3) is 5.88 Å². The molecule has 5 rings (SSSR count). The average Bonchev–Trinajstić information content (AvgIpc) is 3.26. The number of ether oxygens (including phenoxy) is 1. The number of nitrogens with two attached hydrogens (primary N) is 1. The van der Waals surface area contributed by atoms with Gasteiger partial charge >= 0.3 is 0 Å². The summed E-state index contributed by atoms with van der Waals surface area (Å²) >= 11 is 6.55. The topological polar surface area (TPSA) is 118 Å². The number of aromatic nitrogens is 7. The fourth-order valence-corrected chi connectivity index (χ4v) is 3.92. The number of pyridine rings is 1. The van der Waals surface area contributed by atoms with Crippen LogP contribution >= 0.6 is 11.6 Å². The number of anilines is 1. The lowest BCUT2D eigenvalue weighted by Gasteiger charge is -2.13. The second kappa shape index (κ2) is 9.03. The van der Waals surface area contributed by atoms with E-state index in [1.54, 1.807) is 17.1 Å². The predicted molar refractivity (Wildman–Crippen MR) is 130 cm³/mol. The van der Waals surface area contributed by atoms with Crippen LogP contribution < -0.4 is 10.5 Å². The van der Waals surface area contributed by atoms with Gasteiger partial charge in [0.1, 0.15) is 22.9 Å². The minimum atomic E-state index is 0.178. The molecule has 10 heteroatoms. The SMILES string of the molecule is Cc1nccc(CCOc2nc(-c3cc(Cl)c4ncccc4c3)c(-c3ccn(C)n3)nc2N)n1. The summed E-state index contributed by atoms with van der Waals surface area (Å²) in [5.74, 6) is 1.13. The summed E-state index contributed by atoms with van der Waals surface area (Å²) in [5, 5.41) is 5.89. The van der Waals surface area contributed by atoms with Gasteiger partial charge in [-0.3, -0.25) is 9.67 Å². The lowest BCUT2D eigenvalue weighted by molar-refractivity contribution is 0.309. The Balaban J connectivity index is 1.55. The van der Waals surface area contributed by atoms with Crippen LogP contribution in [0, 0.1) is 6.92 Å². The van der Waals surface area contributed by atoms with Crippen LogP contribution in [0.2, 0.25) is 5.02 Å². The quantitative estimate of drug-likeness (QED) is 0.393. The Morgan fingerprint density at radius 1 is 1.03 bits per heavy atom. The minimum absolute atomic E-state index is 0.178. The molecule has 0 fully saturated rings. The zero-order valence-corrected chi connectivity index (χ0v) is 19.4. The van der Waals surface area contributed by atoms with Gasteiger partial charge in [0.05, 0.1) is 17.1 Å². The molecule has 4 aromatic heterocycles. The van der Waals surface area contributed by atoms with Crippen LogP contribution in [0.4, 0.5) is 5.82 Å². The third kappa shape index (κ3) is 4.38. The van der Waals surface area contributed by atoms with E-state index in [1.165, 1.54) is 0 Å². The van der Waals surface area contributed by atoms with Crippen molar-refractivity contribution in [3.63, 3.8) is 0 Å². The van der Waals surface area contributed by atoms with Crippen LogP contribution in [0.5, 0.6) is 5.88 Å². The first-order valence-electron chi connectivity index (χ1n) is 10.6. The molecule has 9 nitrogen and oxygen atoms in total. The molecule has 1 aromatic carbocycles. The second-order valence-electron chi connectivity index (χ2n) is 7.71. The Hall–Kier alpha value is -4.11. The summed E-state index contributed by atoms with van der Waals surface area (Å²) < 4.78 is 7.62. The van der Waals surface area contributed by atoms with Crippen molar-refractivity contribution in [1.82, 2.24) is 34.7 Å². The first-order chi connectivity index (χ1) is 16.5. The lowest BCUT2D eigenvalue weighted by atomic mass is 10.0. The van der Waals surface area contributed by atoms with Gasteiger partial charge in [0, 0.05) is 48.7 Å². The number of nitrogen functional groups attached to an aromatic ring is 1. The summed E-state index contributed by atoms with van der Waals surface area (Å²) in [7, 11) is 1.84. The zero-order valence-electron chi connectivity index (χ0n) is 18.6. The third-order valence-corrected chi connectivity index (χ3v) is 5.50. The number of hydrogen-bond donors (Lipinski definition) is 1. The van der Waals surface area contributed by atoms with E-state index in [9.17, 15) is 0 Å². The van der Waals surface area contributed by atoms with Crippen molar-refractivity contribution in [1.29, 1.82) is 0 Å². The second-order valence-corrected chi connectivity index (χ2v) is 8.12. The molecular weight excluding hydrogens is 452 g/mol. The minimum Gasteiger partial charge on any atom is -0.475 e. The van der Waals surface area contributed by atoms with Crippen LogP contribution in [0.25, 0.3) is 33.5 Å². The fourth-order valence-electron chi connectivity index (χ4n) is 3.64. The Morgan fingerprint density at radius 3 is 2.71 bits per heavy atom. The molecular formula is C24H21ClN8O. The first-order valence-corrected chi connectivity index (χ1v) is 11.0. The third-order valence-electron chi connectivity index (χ3n) is 5.21. The molecule has 170 valence electrons. The van der Waals surface area contributed by atoms with E-state index in [2.05, 4.69) is 25.0 Å². The number of rotatable bonds is 6. The van der Waals surface area contributed by atoms with Gasteiger partial charge in [0.15, 0.2) is 5.82 Å². The van der Waals surface area contributed by atoms with E-state index in [0.29, 0.717) is 46.5 Å². The zero-order chi connectivity index (χ0) is 23.7. The molecule has 0 aliphatic heterocycles. The normalized spacial score (nSPS) is 11.1. The van der Waals surface area contributed by atoms with Crippen molar-refractivity contribution in [2.75, 3.05) is 12.3 Å². The molecule has 2 N–H and O–H groups in total. The van der Waals surface area contributed by atoms with Crippen LogP contribution in [0.3, 0.4) is 0 Å². The van der Waals surface area contributed by atoms with Crippen LogP contribution in [-0.4, -0.2) is 41.3 Å². The number of hydrogen-bond acceptors (Lipinski definition) is 8. The van der Waals surface area contributed by atoms with Gasteiger partial charge in [-0.1, -0.05) is 17.7 Å². The van der Waals surface area contributed by atoms with Crippen molar-refractivity contribution < 1.29 is 4.74 Å². The van der Waals surface area contributed by atoms with E-state index in [-0.39, 0.29) is 11.7 Å².